The summed E-state index contributed by atoms with van der Waals surface area (Å²) in [4.78, 5) is 13.0. The average Bonchev–Trinajstić information content (AvgIpc) is 3.06. The minimum atomic E-state index is -0.316. The number of benzene rings is 2. The van der Waals surface area contributed by atoms with Gasteiger partial charge in [0, 0.05) is 29.2 Å². The zero-order chi connectivity index (χ0) is 21.0. The van der Waals surface area contributed by atoms with Crippen molar-refractivity contribution in [3.63, 3.8) is 0 Å². The van der Waals surface area contributed by atoms with E-state index in [4.69, 9.17) is 5.10 Å². The van der Waals surface area contributed by atoms with E-state index in [-0.39, 0.29) is 17.5 Å². The van der Waals surface area contributed by atoms with E-state index in [0.717, 1.165) is 52.4 Å². The van der Waals surface area contributed by atoms with Crippen LogP contribution in [0.3, 0.4) is 0 Å². The van der Waals surface area contributed by atoms with Gasteiger partial charge in [0.25, 0.3) is 0 Å². The summed E-state index contributed by atoms with van der Waals surface area (Å²) < 4.78 is 16.3. The molecule has 1 atom stereocenters. The predicted octanol–water partition coefficient (Wildman–Crippen LogP) is 5.96. The molecule has 2 heterocycles. The maximum absolute atomic E-state index is 14.0. The highest BCUT2D eigenvalue weighted by Gasteiger charge is 2.38. The first-order valence-electron chi connectivity index (χ1n) is 10.1. The molecule has 0 fully saturated rings. The van der Waals surface area contributed by atoms with Crippen LogP contribution in [0.4, 0.5) is 10.2 Å². The van der Waals surface area contributed by atoms with E-state index < -0.39 is 0 Å². The number of rotatable bonds is 2. The number of ketones is 1. The minimum absolute atomic E-state index is 0.155. The van der Waals surface area contributed by atoms with Crippen LogP contribution in [0.1, 0.15) is 47.6 Å². The van der Waals surface area contributed by atoms with Crippen molar-refractivity contribution in [2.75, 3.05) is 5.32 Å². The van der Waals surface area contributed by atoms with Crippen molar-refractivity contribution < 1.29 is 9.18 Å². The number of hydrogen-bond acceptors (Lipinski definition) is 3. The molecule has 0 amide bonds. The first kappa shape index (κ1) is 19.2. The largest absolute Gasteiger partial charge is 0.343 e. The number of carbonyl (C=O) groups excluding carboxylic acids is 1. The summed E-state index contributed by atoms with van der Waals surface area (Å²) in [5.74, 6) is 0.460. The van der Waals surface area contributed by atoms with Crippen LogP contribution < -0.4 is 5.32 Å². The molecule has 0 radical (unpaired) electrons. The number of Topliss-reactive ketones (excluding diaryl/α,β-unsaturated/α-hetero) is 1. The Hall–Kier alpha value is -2.73. The standard InChI is InChI=1S/C24H21BrFN3O/c1-13-6-9-16(10-7-13)29-24-21(14(2)28-29)22(15-8-11-18(26)17(25)12-15)23-19(27-24)4-3-5-20(23)30/h6-12,22,27H,3-5H2,1-2H3/t22-/m1/s1. The molecular formula is C24H21BrFN3O. The topological polar surface area (TPSA) is 46.9 Å². The summed E-state index contributed by atoms with van der Waals surface area (Å²) in [5, 5.41) is 8.35. The Morgan fingerprint density at radius 3 is 2.63 bits per heavy atom. The van der Waals surface area contributed by atoms with Gasteiger partial charge >= 0.3 is 0 Å². The molecule has 2 aromatic carbocycles. The van der Waals surface area contributed by atoms with Gasteiger partial charge in [0.1, 0.15) is 11.6 Å². The number of aryl methyl sites for hydroxylation is 2. The number of nitrogens with one attached hydrogen (secondary N) is 1. The fourth-order valence-electron chi connectivity index (χ4n) is 4.52. The molecule has 1 aliphatic carbocycles. The number of allylic oxidation sites excluding steroid dienone is 2. The number of aromatic nitrogens is 2. The van der Waals surface area contributed by atoms with E-state index in [9.17, 15) is 9.18 Å². The van der Waals surface area contributed by atoms with Crippen molar-refractivity contribution in [1.29, 1.82) is 0 Å². The Morgan fingerprint density at radius 1 is 1.13 bits per heavy atom. The minimum Gasteiger partial charge on any atom is -0.343 e. The molecule has 0 spiro atoms. The SMILES string of the molecule is Cc1ccc(-n2nc(C)c3c2NC2=C(C(=O)CCC2)[C@@H]3c2ccc(F)c(Br)c2)cc1. The van der Waals surface area contributed by atoms with Crippen molar-refractivity contribution >= 4 is 27.5 Å². The van der Waals surface area contributed by atoms with Crippen LogP contribution >= 0.6 is 15.9 Å². The lowest BCUT2D eigenvalue weighted by Gasteiger charge is -2.33. The number of anilines is 1. The number of hydrogen-bond donors (Lipinski definition) is 1. The quantitative estimate of drug-likeness (QED) is 0.508. The van der Waals surface area contributed by atoms with Gasteiger partial charge in [-0.05, 0) is 72.4 Å². The second-order valence-electron chi connectivity index (χ2n) is 8.00. The Kier molecular flexibility index (Phi) is 4.62. The lowest BCUT2D eigenvalue weighted by molar-refractivity contribution is -0.116. The van der Waals surface area contributed by atoms with E-state index in [1.54, 1.807) is 12.1 Å². The summed E-state index contributed by atoms with van der Waals surface area (Å²) >= 11 is 3.31. The Bertz CT molecular complexity index is 1210. The molecule has 2 aliphatic rings. The maximum atomic E-state index is 14.0. The van der Waals surface area contributed by atoms with E-state index >= 15 is 0 Å². The van der Waals surface area contributed by atoms with Gasteiger partial charge in [-0.15, -0.1) is 0 Å². The predicted molar refractivity (Wildman–Crippen MR) is 118 cm³/mol. The summed E-state index contributed by atoms with van der Waals surface area (Å²) in [5.41, 5.74) is 6.61. The fourth-order valence-corrected chi connectivity index (χ4v) is 4.92. The normalized spacial score (nSPS) is 18.1. The summed E-state index contributed by atoms with van der Waals surface area (Å²) in [6.45, 7) is 4.02. The molecule has 1 aromatic heterocycles. The van der Waals surface area contributed by atoms with Crippen molar-refractivity contribution in [3.8, 4) is 5.69 Å². The van der Waals surface area contributed by atoms with Gasteiger partial charge in [-0.2, -0.15) is 5.10 Å². The highest BCUT2D eigenvalue weighted by Crippen LogP contribution is 2.47. The van der Waals surface area contributed by atoms with Crippen LogP contribution in [0, 0.1) is 19.7 Å². The number of fused-ring (bicyclic) bond motifs is 1. The third kappa shape index (κ3) is 3.01. The number of nitrogens with zero attached hydrogens (tertiary/aromatic N) is 2. The first-order chi connectivity index (χ1) is 14.4. The van der Waals surface area contributed by atoms with Crippen LogP contribution in [0.2, 0.25) is 0 Å². The Balaban J connectivity index is 1.75. The zero-order valence-corrected chi connectivity index (χ0v) is 18.4. The Morgan fingerprint density at radius 2 is 1.90 bits per heavy atom. The molecule has 6 heteroatoms. The summed E-state index contributed by atoms with van der Waals surface area (Å²) in [6.07, 6.45) is 2.19. The van der Waals surface area contributed by atoms with E-state index in [1.165, 1.54) is 11.6 Å². The van der Waals surface area contributed by atoms with E-state index in [2.05, 4.69) is 40.3 Å². The van der Waals surface area contributed by atoms with Crippen molar-refractivity contribution in [3.05, 3.63) is 86.4 Å². The fraction of sp³-hybridized carbons (Fsp3) is 0.250. The highest BCUT2D eigenvalue weighted by atomic mass is 79.9. The van der Waals surface area contributed by atoms with Crippen LogP contribution in [0.5, 0.6) is 0 Å². The molecule has 30 heavy (non-hydrogen) atoms. The van der Waals surface area contributed by atoms with Gasteiger partial charge in [0.05, 0.1) is 15.9 Å². The zero-order valence-electron chi connectivity index (χ0n) is 16.8. The molecular weight excluding hydrogens is 445 g/mol. The van der Waals surface area contributed by atoms with Crippen molar-refractivity contribution in [1.82, 2.24) is 9.78 Å². The average molecular weight is 466 g/mol. The van der Waals surface area contributed by atoms with Crippen LogP contribution in [0.25, 0.3) is 5.69 Å². The maximum Gasteiger partial charge on any atom is 0.161 e. The van der Waals surface area contributed by atoms with Crippen LogP contribution in [-0.2, 0) is 4.79 Å². The highest BCUT2D eigenvalue weighted by molar-refractivity contribution is 9.10. The summed E-state index contributed by atoms with van der Waals surface area (Å²) in [7, 11) is 0. The number of carbonyl (C=O) groups is 1. The molecule has 0 bridgehead atoms. The summed E-state index contributed by atoms with van der Waals surface area (Å²) in [6, 6.07) is 13.2. The molecule has 3 aromatic rings. The number of halogens is 2. The first-order valence-corrected chi connectivity index (χ1v) is 10.9. The molecule has 0 saturated carbocycles. The van der Waals surface area contributed by atoms with Gasteiger partial charge in [-0.25, -0.2) is 9.07 Å². The van der Waals surface area contributed by atoms with Crippen molar-refractivity contribution in [2.24, 2.45) is 0 Å². The van der Waals surface area contributed by atoms with Gasteiger partial charge < -0.3 is 5.32 Å². The van der Waals surface area contributed by atoms with Gasteiger partial charge in [-0.3, -0.25) is 4.79 Å². The van der Waals surface area contributed by atoms with Gasteiger partial charge in [0.2, 0.25) is 0 Å². The van der Waals surface area contributed by atoms with Gasteiger partial charge in [-0.1, -0.05) is 23.8 Å². The third-order valence-electron chi connectivity index (χ3n) is 5.97. The van der Waals surface area contributed by atoms with E-state index in [1.807, 2.05) is 23.7 Å². The van der Waals surface area contributed by atoms with Gasteiger partial charge in [0.15, 0.2) is 5.78 Å². The molecule has 1 N–H and O–H groups in total. The monoisotopic (exact) mass is 465 g/mol. The second-order valence-corrected chi connectivity index (χ2v) is 8.85. The third-order valence-corrected chi connectivity index (χ3v) is 6.57. The molecule has 4 nitrogen and oxygen atoms in total. The molecule has 0 saturated heterocycles. The van der Waals surface area contributed by atoms with Crippen molar-refractivity contribution in [2.45, 2.75) is 39.0 Å². The Labute approximate surface area is 182 Å². The molecule has 1 aliphatic heterocycles. The van der Waals surface area contributed by atoms with Crippen LogP contribution in [0.15, 0.2) is 58.2 Å². The second kappa shape index (κ2) is 7.20. The van der Waals surface area contributed by atoms with E-state index in [0.29, 0.717) is 10.9 Å². The lowest BCUT2D eigenvalue weighted by Crippen LogP contribution is -2.27. The smallest absolute Gasteiger partial charge is 0.161 e. The molecule has 0 unspecified atom stereocenters. The molecule has 5 rings (SSSR count). The lowest BCUT2D eigenvalue weighted by atomic mass is 9.76. The van der Waals surface area contributed by atoms with Crippen LogP contribution in [-0.4, -0.2) is 15.6 Å². The molecule has 152 valence electrons.